The Kier molecular flexibility index (Phi) is 7.21. The molecule has 0 aromatic carbocycles. The standard InChI is InChI=1S/C28H46O5/c1-6-32-26(31)12-7-17(2)22-10-11-23-21-9-8-19-15-20(30)13-14-27(19,4)24(21)16-25(28(22,23)5)33-18(3)29/h17,19-25,30H,6-16H2,1-5H3/t17-,19?,20+,21+,22-,23+,24+,25-,27+,28-/m1/s1. The Bertz CT molecular complexity index is 736. The Morgan fingerprint density at radius 3 is 2.52 bits per heavy atom. The molecule has 0 aliphatic heterocycles. The number of fused-ring (bicyclic) bond motifs is 5. The molecule has 1 N–H and O–H groups in total. The summed E-state index contributed by atoms with van der Waals surface area (Å²) in [6.07, 6.45) is 9.84. The summed E-state index contributed by atoms with van der Waals surface area (Å²) in [5.41, 5.74) is 0.216. The van der Waals surface area contributed by atoms with Crippen molar-refractivity contribution >= 4 is 11.9 Å². The molecule has 0 radical (unpaired) electrons. The monoisotopic (exact) mass is 462 g/mol. The number of aliphatic hydroxyl groups excluding tert-OH is 1. The molecule has 0 spiro atoms. The predicted molar refractivity (Wildman–Crippen MR) is 127 cm³/mol. The molecule has 10 atom stereocenters. The van der Waals surface area contributed by atoms with Crippen molar-refractivity contribution in [1.82, 2.24) is 0 Å². The lowest BCUT2D eigenvalue weighted by atomic mass is 9.43. The average molecular weight is 463 g/mol. The van der Waals surface area contributed by atoms with Crippen LogP contribution in [0.15, 0.2) is 0 Å². The highest BCUT2D eigenvalue weighted by Gasteiger charge is 2.64. The molecule has 0 aromatic rings. The quantitative estimate of drug-likeness (QED) is 0.526. The summed E-state index contributed by atoms with van der Waals surface area (Å²) in [5, 5.41) is 10.3. The number of carbonyl (C=O) groups excluding carboxylic acids is 2. The second-order valence-electron chi connectivity index (χ2n) is 12.3. The molecule has 4 saturated carbocycles. The maximum absolute atomic E-state index is 12.3. The molecule has 0 heterocycles. The molecule has 5 nitrogen and oxygen atoms in total. The van der Waals surface area contributed by atoms with Gasteiger partial charge in [-0.1, -0.05) is 20.8 Å². The number of aliphatic hydroxyl groups is 1. The minimum absolute atomic E-state index is 0.0295. The molecule has 1 unspecified atom stereocenters. The maximum atomic E-state index is 12.3. The zero-order chi connectivity index (χ0) is 24.0. The second kappa shape index (κ2) is 9.51. The van der Waals surface area contributed by atoms with E-state index in [1.165, 1.54) is 19.3 Å². The second-order valence-corrected chi connectivity index (χ2v) is 12.3. The highest BCUT2D eigenvalue weighted by Crippen LogP contribution is 2.68. The lowest BCUT2D eigenvalue weighted by Crippen LogP contribution is -2.59. The summed E-state index contributed by atoms with van der Waals surface area (Å²) in [6, 6.07) is 0. The van der Waals surface area contributed by atoms with Gasteiger partial charge in [-0.05, 0) is 106 Å². The van der Waals surface area contributed by atoms with Crippen LogP contribution in [0.5, 0.6) is 0 Å². The molecule has 0 saturated heterocycles. The van der Waals surface area contributed by atoms with Crippen molar-refractivity contribution < 1.29 is 24.2 Å². The summed E-state index contributed by atoms with van der Waals surface area (Å²) < 4.78 is 11.3. The molecule has 0 amide bonds. The molecule has 4 aliphatic carbocycles. The molecular weight excluding hydrogens is 416 g/mol. The Labute approximate surface area is 200 Å². The first-order valence-corrected chi connectivity index (χ1v) is 13.6. The lowest BCUT2D eigenvalue weighted by Gasteiger charge is -2.62. The van der Waals surface area contributed by atoms with Gasteiger partial charge in [0.05, 0.1) is 12.7 Å². The number of esters is 2. The topological polar surface area (TPSA) is 72.8 Å². The minimum Gasteiger partial charge on any atom is -0.466 e. The third kappa shape index (κ3) is 4.36. The molecule has 188 valence electrons. The van der Waals surface area contributed by atoms with E-state index in [0.717, 1.165) is 38.5 Å². The first-order chi connectivity index (χ1) is 15.6. The highest BCUT2D eigenvalue weighted by molar-refractivity contribution is 5.69. The van der Waals surface area contributed by atoms with Crippen LogP contribution < -0.4 is 0 Å². The average Bonchev–Trinajstić information content (AvgIpc) is 3.11. The van der Waals surface area contributed by atoms with Crippen LogP contribution in [-0.4, -0.2) is 35.9 Å². The number of ether oxygens (including phenoxy) is 2. The summed E-state index contributed by atoms with van der Waals surface area (Å²) in [5.74, 6) is 3.00. The Hall–Kier alpha value is -1.10. The number of rotatable bonds is 6. The van der Waals surface area contributed by atoms with E-state index < -0.39 is 0 Å². The van der Waals surface area contributed by atoms with Crippen molar-refractivity contribution in [2.75, 3.05) is 6.61 Å². The predicted octanol–water partition coefficient (Wildman–Crippen LogP) is 5.53. The van der Waals surface area contributed by atoms with Gasteiger partial charge in [0.2, 0.25) is 0 Å². The Morgan fingerprint density at radius 1 is 1.06 bits per heavy atom. The van der Waals surface area contributed by atoms with Gasteiger partial charge in [-0.15, -0.1) is 0 Å². The fourth-order valence-electron chi connectivity index (χ4n) is 9.29. The summed E-state index contributed by atoms with van der Waals surface area (Å²) >= 11 is 0. The van der Waals surface area contributed by atoms with Crippen molar-refractivity contribution in [3.63, 3.8) is 0 Å². The van der Waals surface area contributed by atoms with Crippen molar-refractivity contribution in [3.8, 4) is 0 Å². The van der Waals surface area contributed by atoms with Crippen molar-refractivity contribution in [3.05, 3.63) is 0 Å². The van der Waals surface area contributed by atoms with Gasteiger partial charge in [0.15, 0.2) is 0 Å². The molecular formula is C28H46O5. The molecule has 4 aliphatic rings. The van der Waals surface area contributed by atoms with Crippen molar-refractivity contribution in [2.45, 2.75) is 111 Å². The van der Waals surface area contributed by atoms with E-state index in [0.29, 0.717) is 48.5 Å². The fourth-order valence-corrected chi connectivity index (χ4v) is 9.29. The molecule has 0 aromatic heterocycles. The first-order valence-electron chi connectivity index (χ1n) is 13.6. The van der Waals surface area contributed by atoms with Crippen LogP contribution in [0.3, 0.4) is 0 Å². The van der Waals surface area contributed by atoms with E-state index in [-0.39, 0.29) is 35.0 Å². The Morgan fingerprint density at radius 2 is 1.82 bits per heavy atom. The van der Waals surface area contributed by atoms with E-state index in [1.807, 2.05) is 6.92 Å². The van der Waals surface area contributed by atoms with Crippen molar-refractivity contribution in [1.29, 1.82) is 0 Å². The van der Waals surface area contributed by atoms with Crippen LogP contribution in [0.2, 0.25) is 0 Å². The van der Waals surface area contributed by atoms with E-state index in [9.17, 15) is 14.7 Å². The van der Waals surface area contributed by atoms with Gasteiger partial charge in [0.25, 0.3) is 0 Å². The summed E-state index contributed by atoms with van der Waals surface area (Å²) in [4.78, 5) is 24.3. The molecule has 4 fully saturated rings. The number of hydrogen-bond acceptors (Lipinski definition) is 5. The van der Waals surface area contributed by atoms with E-state index >= 15 is 0 Å². The van der Waals surface area contributed by atoms with Crippen LogP contribution >= 0.6 is 0 Å². The van der Waals surface area contributed by atoms with Gasteiger partial charge < -0.3 is 14.6 Å². The first kappa shape index (κ1) is 25.0. The lowest BCUT2D eigenvalue weighted by molar-refractivity contribution is -0.196. The van der Waals surface area contributed by atoms with Gasteiger partial charge in [0.1, 0.15) is 6.10 Å². The summed E-state index contributed by atoms with van der Waals surface area (Å²) in [6.45, 7) is 11.0. The largest absolute Gasteiger partial charge is 0.466 e. The van der Waals surface area contributed by atoms with E-state index in [1.54, 1.807) is 6.92 Å². The summed E-state index contributed by atoms with van der Waals surface area (Å²) in [7, 11) is 0. The molecule has 33 heavy (non-hydrogen) atoms. The number of carbonyl (C=O) groups is 2. The van der Waals surface area contributed by atoms with Crippen LogP contribution in [0.4, 0.5) is 0 Å². The van der Waals surface area contributed by atoms with Gasteiger partial charge in [-0.3, -0.25) is 9.59 Å². The smallest absolute Gasteiger partial charge is 0.305 e. The van der Waals surface area contributed by atoms with Gasteiger partial charge in [-0.25, -0.2) is 0 Å². The third-order valence-electron chi connectivity index (χ3n) is 10.9. The molecule has 0 bridgehead atoms. The third-order valence-corrected chi connectivity index (χ3v) is 10.9. The minimum atomic E-state index is -0.167. The molecule has 4 rings (SSSR count). The van der Waals surface area contributed by atoms with Gasteiger partial charge in [-0.2, -0.15) is 0 Å². The van der Waals surface area contributed by atoms with Crippen molar-refractivity contribution in [2.24, 2.45) is 46.3 Å². The van der Waals surface area contributed by atoms with Crippen LogP contribution in [0.1, 0.15) is 98.8 Å². The van der Waals surface area contributed by atoms with Crippen LogP contribution in [0, 0.1) is 46.3 Å². The van der Waals surface area contributed by atoms with E-state index in [4.69, 9.17) is 9.47 Å². The zero-order valence-corrected chi connectivity index (χ0v) is 21.5. The van der Waals surface area contributed by atoms with Gasteiger partial charge in [0, 0.05) is 18.8 Å². The van der Waals surface area contributed by atoms with Crippen LogP contribution in [0.25, 0.3) is 0 Å². The zero-order valence-electron chi connectivity index (χ0n) is 21.5. The number of hydrogen-bond donors (Lipinski definition) is 1. The fraction of sp³-hybridized carbons (Fsp3) is 0.929. The maximum Gasteiger partial charge on any atom is 0.305 e. The van der Waals surface area contributed by atoms with E-state index in [2.05, 4.69) is 20.8 Å². The normalized spacial score (nSPS) is 45.3. The molecule has 5 heteroatoms. The Balaban J connectivity index is 1.59. The van der Waals surface area contributed by atoms with Gasteiger partial charge >= 0.3 is 11.9 Å². The van der Waals surface area contributed by atoms with Crippen LogP contribution in [-0.2, 0) is 19.1 Å². The SMILES string of the molecule is CCOC(=O)CC[C@@H](C)[C@H]1CC[C@H]2[C@@H]3CCC4C[C@@H](O)CC[C@]4(C)[C@H]3C[C@@H](OC(C)=O)[C@]12C. The highest BCUT2D eigenvalue weighted by atomic mass is 16.5.